The van der Waals surface area contributed by atoms with E-state index in [0.29, 0.717) is 0 Å². The van der Waals surface area contributed by atoms with E-state index in [0.717, 1.165) is 137 Å². The fourth-order valence-corrected chi connectivity index (χ4v) is 6.07. The number of anilines is 1. The molecule has 4 heteroatoms. The van der Waals surface area contributed by atoms with Crippen LogP contribution in [0.4, 0.5) is 10.5 Å². The Hall–Kier alpha value is -2.49. The minimum absolute atomic E-state index is 0.806. The highest BCUT2D eigenvalue weighted by Crippen LogP contribution is 2.43. The number of hydrogen-bond acceptors (Lipinski definition) is 3. The molecule has 0 heterocycles. The van der Waals surface area contributed by atoms with Crippen molar-refractivity contribution in [2.45, 2.75) is 163 Å². The zero-order valence-electron chi connectivity index (χ0n) is 27.7. The number of ether oxygens (including phenoxy) is 1. The minimum Gasteiger partial charge on any atom is -0.530 e. The third-order valence-corrected chi connectivity index (χ3v) is 8.42. The Labute approximate surface area is 258 Å². The first-order chi connectivity index (χ1) is 20.5. The molecule has 236 valence electrons. The number of unbranched alkanes of at least 4 members (excludes halogenated alkanes) is 10. The predicted octanol–water partition coefficient (Wildman–Crippen LogP) is 10.9. The first kappa shape index (κ1) is 35.7. The number of carbonyl (C=O) groups excluding carboxylic acids is 1. The lowest BCUT2D eigenvalue weighted by Crippen LogP contribution is -2.30. The minimum atomic E-state index is -1.21. The highest BCUT2D eigenvalue weighted by molar-refractivity contribution is 5.86. The van der Waals surface area contributed by atoms with E-state index in [1.807, 2.05) is 0 Å². The summed E-state index contributed by atoms with van der Waals surface area (Å²) in [5.74, 6) is 1.91. The van der Waals surface area contributed by atoms with Gasteiger partial charge in [0.05, 0.1) is 0 Å². The van der Waals surface area contributed by atoms with Gasteiger partial charge in [-0.1, -0.05) is 111 Å². The smallest absolute Gasteiger partial charge is 0.138 e. The molecule has 4 nitrogen and oxygen atoms in total. The van der Waals surface area contributed by atoms with Crippen LogP contribution in [0.3, 0.4) is 0 Å². The fourth-order valence-electron chi connectivity index (χ4n) is 6.07. The molecule has 0 aliphatic carbocycles. The van der Waals surface area contributed by atoms with Crippen LogP contribution in [-0.4, -0.2) is 6.09 Å². The standard InChI is InChI=1S/C38H61NO3/c1-6-11-16-22-30-23-21-24-31(29-30)42-37-34(27-19-14-9-4)32(25-17-12-7-2)36(39-38(40)41)33(26-18-13-8-3)35(37)28-20-15-10-5/h21,23-24,29,39H,6-20,22,25-28H2,1-5H3,(H,40,41)/p-1. The van der Waals surface area contributed by atoms with E-state index in [4.69, 9.17) is 4.74 Å². The lowest BCUT2D eigenvalue weighted by atomic mass is 9.85. The third-order valence-electron chi connectivity index (χ3n) is 8.42. The molecule has 1 amide bonds. The van der Waals surface area contributed by atoms with E-state index in [2.05, 4.69) is 64.2 Å². The van der Waals surface area contributed by atoms with Gasteiger partial charge in [0.2, 0.25) is 0 Å². The van der Waals surface area contributed by atoms with Crippen LogP contribution >= 0.6 is 0 Å². The Morgan fingerprint density at radius 1 is 0.619 bits per heavy atom. The predicted molar refractivity (Wildman–Crippen MR) is 178 cm³/mol. The Morgan fingerprint density at radius 3 is 1.48 bits per heavy atom. The van der Waals surface area contributed by atoms with Gasteiger partial charge in [0.15, 0.2) is 0 Å². The van der Waals surface area contributed by atoms with E-state index >= 15 is 0 Å². The zero-order valence-corrected chi connectivity index (χ0v) is 27.7. The number of benzene rings is 2. The van der Waals surface area contributed by atoms with Gasteiger partial charge in [0.1, 0.15) is 17.6 Å². The van der Waals surface area contributed by atoms with E-state index in [1.54, 1.807) is 0 Å². The Balaban J connectivity index is 2.80. The summed E-state index contributed by atoms with van der Waals surface area (Å²) in [6.07, 6.45) is 20.3. The summed E-state index contributed by atoms with van der Waals surface area (Å²) in [5.41, 5.74) is 6.84. The molecule has 0 aliphatic heterocycles. The summed E-state index contributed by atoms with van der Waals surface area (Å²) < 4.78 is 7.01. The number of rotatable bonds is 23. The monoisotopic (exact) mass is 578 g/mol. The van der Waals surface area contributed by atoms with Gasteiger partial charge in [-0.15, -0.1) is 0 Å². The normalized spacial score (nSPS) is 11.2. The van der Waals surface area contributed by atoms with Crippen molar-refractivity contribution in [1.82, 2.24) is 0 Å². The second kappa shape index (κ2) is 21.2. The molecule has 0 aromatic heterocycles. The van der Waals surface area contributed by atoms with Crippen molar-refractivity contribution in [3.05, 3.63) is 52.1 Å². The average molecular weight is 579 g/mol. The Bertz CT molecular complexity index is 1000. The lowest BCUT2D eigenvalue weighted by Gasteiger charge is -2.28. The summed E-state index contributed by atoms with van der Waals surface area (Å²) in [6, 6.07) is 8.66. The zero-order chi connectivity index (χ0) is 30.6. The molecule has 0 unspecified atom stereocenters. The van der Waals surface area contributed by atoms with Gasteiger partial charge in [-0.25, -0.2) is 0 Å². The molecular weight excluding hydrogens is 518 g/mol. The van der Waals surface area contributed by atoms with E-state index in [9.17, 15) is 9.90 Å². The molecule has 42 heavy (non-hydrogen) atoms. The van der Waals surface area contributed by atoms with Crippen LogP contribution in [0.5, 0.6) is 11.5 Å². The Morgan fingerprint density at radius 2 is 1.05 bits per heavy atom. The van der Waals surface area contributed by atoms with Crippen molar-refractivity contribution < 1.29 is 14.6 Å². The second-order valence-corrected chi connectivity index (χ2v) is 12.1. The molecule has 0 saturated heterocycles. The van der Waals surface area contributed by atoms with Gasteiger partial charge < -0.3 is 20.0 Å². The van der Waals surface area contributed by atoms with Crippen LogP contribution in [0.2, 0.25) is 0 Å². The van der Waals surface area contributed by atoms with E-state index in [-0.39, 0.29) is 0 Å². The molecular formula is C38H60NO3-. The molecule has 0 bridgehead atoms. The molecule has 2 aromatic carbocycles. The molecule has 0 radical (unpaired) electrons. The van der Waals surface area contributed by atoms with Crippen LogP contribution in [0.1, 0.15) is 159 Å². The van der Waals surface area contributed by atoms with Gasteiger partial charge in [0.25, 0.3) is 0 Å². The Kier molecular flexibility index (Phi) is 18.1. The summed E-state index contributed by atoms with van der Waals surface area (Å²) in [7, 11) is 0. The molecule has 2 rings (SSSR count). The summed E-state index contributed by atoms with van der Waals surface area (Å²) >= 11 is 0. The van der Waals surface area contributed by atoms with Gasteiger partial charge in [-0.2, -0.15) is 0 Å². The number of amides is 1. The highest BCUT2D eigenvalue weighted by atomic mass is 16.5. The molecule has 0 atom stereocenters. The summed E-state index contributed by atoms with van der Waals surface area (Å²) in [5, 5.41) is 15.0. The van der Waals surface area contributed by atoms with Crippen LogP contribution < -0.4 is 15.2 Å². The molecule has 0 saturated carbocycles. The van der Waals surface area contributed by atoms with Crippen LogP contribution in [0.15, 0.2) is 24.3 Å². The number of carbonyl (C=O) groups is 1. The lowest BCUT2D eigenvalue weighted by molar-refractivity contribution is -0.242. The second-order valence-electron chi connectivity index (χ2n) is 12.1. The number of hydrogen-bond donors (Lipinski definition) is 1. The van der Waals surface area contributed by atoms with Gasteiger partial charge in [-0.3, -0.25) is 0 Å². The molecule has 0 aliphatic rings. The highest BCUT2D eigenvalue weighted by Gasteiger charge is 2.25. The van der Waals surface area contributed by atoms with Crippen LogP contribution in [0, 0.1) is 0 Å². The summed E-state index contributed by atoms with van der Waals surface area (Å²) in [6.45, 7) is 11.2. The molecule has 1 N–H and O–H groups in total. The molecule has 2 aromatic rings. The largest absolute Gasteiger partial charge is 0.530 e. The van der Waals surface area contributed by atoms with Crippen molar-refractivity contribution in [1.29, 1.82) is 0 Å². The maximum Gasteiger partial charge on any atom is 0.138 e. The fraction of sp³-hybridized carbons (Fsp3) is 0.658. The molecule has 0 fully saturated rings. The number of nitrogens with one attached hydrogen (secondary N) is 1. The van der Waals surface area contributed by atoms with E-state index < -0.39 is 6.09 Å². The van der Waals surface area contributed by atoms with Crippen molar-refractivity contribution in [2.24, 2.45) is 0 Å². The maximum atomic E-state index is 12.1. The number of carboxylic acid groups (broad SMARTS) is 1. The van der Waals surface area contributed by atoms with Crippen molar-refractivity contribution >= 4 is 11.8 Å². The van der Waals surface area contributed by atoms with Crippen LogP contribution in [-0.2, 0) is 32.1 Å². The van der Waals surface area contributed by atoms with Crippen molar-refractivity contribution in [3.63, 3.8) is 0 Å². The molecule has 0 spiro atoms. The first-order valence-electron chi connectivity index (χ1n) is 17.4. The first-order valence-corrected chi connectivity index (χ1v) is 17.4. The van der Waals surface area contributed by atoms with Gasteiger partial charge >= 0.3 is 0 Å². The van der Waals surface area contributed by atoms with Gasteiger partial charge in [0, 0.05) is 16.8 Å². The third kappa shape index (κ3) is 12.0. The van der Waals surface area contributed by atoms with Crippen molar-refractivity contribution in [2.75, 3.05) is 5.32 Å². The number of aryl methyl sites for hydroxylation is 1. The maximum absolute atomic E-state index is 12.1. The SMILES string of the molecule is CCCCCc1cccc(Oc2c(CCCCC)c(CCCCC)c(NC(=O)[O-])c(CCCCC)c2CCCCC)c1. The van der Waals surface area contributed by atoms with Gasteiger partial charge in [-0.05, 0) is 93.0 Å². The quantitative estimate of drug-likeness (QED) is 0.133. The van der Waals surface area contributed by atoms with E-state index in [1.165, 1.54) is 36.0 Å². The summed E-state index contributed by atoms with van der Waals surface area (Å²) in [4.78, 5) is 12.1. The van der Waals surface area contributed by atoms with Crippen LogP contribution in [0.25, 0.3) is 0 Å². The topological polar surface area (TPSA) is 61.4 Å². The average Bonchev–Trinajstić information content (AvgIpc) is 2.97. The van der Waals surface area contributed by atoms with Crippen molar-refractivity contribution in [3.8, 4) is 11.5 Å².